The molecule has 0 spiro atoms. The predicted octanol–water partition coefficient (Wildman–Crippen LogP) is 0.826. The zero-order chi connectivity index (χ0) is 15.8. The highest BCUT2D eigenvalue weighted by atomic mass is 16.3. The van der Waals surface area contributed by atoms with E-state index in [-0.39, 0.29) is 12.0 Å². The molecule has 7 nitrogen and oxygen atoms in total. The highest BCUT2D eigenvalue weighted by Crippen LogP contribution is 2.28. The maximum atomic E-state index is 10.4. The Morgan fingerprint density at radius 2 is 1.96 bits per heavy atom. The largest absolute Gasteiger partial charge is 0.391 e. The number of nitrogen functional groups attached to an aromatic ring is 1. The number of aliphatic hydroxyl groups is 1. The molecular weight excluding hydrogens is 292 g/mol. The van der Waals surface area contributed by atoms with E-state index in [0.717, 1.165) is 12.2 Å². The number of aromatic nitrogens is 4. The maximum absolute atomic E-state index is 10.4. The van der Waals surface area contributed by atoms with Crippen LogP contribution in [0.5, 0.6) is 0 Å². The third-order valence-corrected chi connectivity index (χ3v) is 4.37. The lowest BCUT2D eigenvalue weighted by molar-refractivity contribution is 0.157. The molecular formula is C16H18N6O. The molecule has 7 heteroatoms. The molecule has 1 aliphatic rings. The Bertz CT molecular complexity index is 818. The second-order valence-corrected chi connectivity index (χ2v) is 5.91. The van der Waals surface area contributed by atoms with Gasteiger partial charge in [0.25, 0.3) is 0 Å². The van der Waals surface area contributed by atoms with Crippen LogP contribution in [0.2, 0.25) is 0 Å². The average Bonchev–Trinajstić information content (AvgIpc) is 3.14. The molecule has 0 amide bonds. The lowest BCUT2D eigenvalue weighted by Gasteiger charge is -2.16. The Morgan fingerprint density at radius 1 is 1.13 bits per heavy atom. The summed E-state index contributed by atoms with van der Waals surface area (Å²) in [7, 11) is 0. The van der Waals surface area contributed by atoms with E-state index >= 15 is 0 Å². The number of fused-ring (bicyclic) bond motifs is 1. The zero-order valence-corrected chi connectivity index (χ0v) is 12.6. The van der Waals surface area contributed by atoms with Crippen molar-refractivity contribution in [2.75, 3.05) is 18.8 Å². The summed E-state index contributed by atoms with van der Waals surface area (Å²) in [5.41, 5.74) is 8.32. The van der Waals surface area contributed by atoms with Gasteiger partial charge >= 0.3 is 0 Å². The third kappa shape index (κ3) is 2.54. The zero-order valence-electron chi connectivity index (χ0n) is 12.6. The van der Waals surface area contributed by atoms with Crippen molar-refractivity contribution in [2.24, 2.45) is 0 Å². The molecule has 1 aliphatic heterocycles. The first-order chi connectivity index (χ1) is 11.2. The first kappa shape index (κ1) is 14.1. The van der Waals surface area contributed by atoms with Crippen LogP contribution in [0.3, 0.4) is 0 Å². The number of likely N-dealkylation sites (tertiary alicyclic amines) is 1. The van der Waals surface area contributed by atoms with Crippen molar-refractivity contribution in [2.45, 2.75) is 18.7 Å². The normalized spacial score (nSPS) is 22.0. The first-order valence-electron chi connectivity index (χ1n) is 7.59. The molecule has 3 aromatic rings. The van der Waals surface area contributed by atoms with Crippen LogP contribution in [0.4, 0.5) is 5.82 Å². The number of β-amino-alcohol motifs (C(OH)–C–C–N with tert-alkyl or cyclic N) is 1. The van der Waals surface area contributed by atoms with Gasteiger partial charge in [-0.3, -0.25) is 4.90 Å². The van der Waals surface area contributed by atoms with Crippen molar-refractivity contribution in [1.29, 1.82) is 0 Å². The molecule has 0 saturated carbocycles. The van der Waals surface area contributed by atoms with Gasteiger partial charge in [-0.05, 0) is 5.56 Å². The van der Waals surface area contributed by atoms with Gasteiger partial charge in [-0.2, -0.15) is 0 Å². The molecule has 23 heavy (non-hydrogen) atoms. The molecule has 1 fully saturated rings. The summed E-state index contributed by atoms with van der Waals surface area (Å²) in [4.78, 5) is 14.7. The highest BCUT2D eigenvalue weighted by Gasteiger charge is 2.32. The summed E-state index contributed by atoms with van der Waals surface area (Å²) in [6.07, 6.45) is 2.80. The SMILES string of the molecule is Nc1ncnc2c1ncn2CN1C[C@H](c2ccccc2)[C@@H](O)C1. The monoisotopic (exact) mass is 310 g/mol. The molecule has 1 saturated heterocycles. The van der Waals surface area contributed by atoms with Crippen molar-refractivity contribution < 1.29 is 5.11 Å². The molecule has 1 aromatic carbocycles. The second-order valence-electron chi connectivity index (χ2n) is 5.91. The molecule has 118 valence electrons. The van der Waals surface area contributed by atoms with Crippen molar-refractivity contribution in [3.05, 3.63) is 48.5 Å². The van der Waals surface area contributed by atoms with Crippen LogP contribution in [-0.2, 0) is 6.67 Å². The number of aliphatic hydroxyl groups excluding tert-OH is 1. The quantitative estimate of drug-likeness (QED) is 0.744. The van der Waals surface area contributed by atoms with E-state index in [2.05, 4.69) is 32.0 Å². The van der Waals surface area contributed by atoms with Gasteiger partial charge in [0.1, 0.15) is 11.8 Å². The van der Waals surface area contributed by atoms with Gasteiger partial charge in [-0.25, -0.2) is 15.0 Å². The Labute approximate surface area is 133 Å². The number of nitrogens with two attached hydrogens (primary N) is 1. The number of anilines is 1. The van der Waals surface area contributed by atoms with Gasteiger partial charge in [0.05, 0.1) is 19.1 Å². The fraction of sp³-hybridized carbons (Fsp3) is 0.312. The van der Waals surface area contributed by atoms with Crippen molar-refractivity contribution >= 4 is 17.0 Å². The lowest BCUT2D eigenvalue weighted by Crippen LogP contribution is -2.24. The topological polar surface area (TPSA) is 93.1 Å². The average molecular weight is 310 g/mol. The summed E-state index contributed by atoms with van der Waals surface area (Å²) in [6.45, 7) is 2.04. The van der Waals surface area contributed by atoms with Gasteiger partial charge in [-0.1, -0.05) is 30.3 Å². The minimum Gasteiger partial charge on any atom is -0.391 e. The molecule has 2 atom stereocenters. The van der Waals surface area contributed by atoms with Crippen LogP contribution >= 0.6 is 0 Å². The minimum absolute atomic E-state index is 0.130. The van der Waals surface area contributed by atoms with Gasteiger partial charge < -0.3 is 15.4 Å². The summed E-state index contributed by atoms with van der Waals surface area (Å²) < 4.78 is 1.94. The van der Waals surface area contributed by atoms with Crippen molar-refractivity contribution in [1.82, 2.24) is 24.4 Å². The van der Waals surface area contributed by atoms with E-state index < -0.39 is 0 Å². The number of benzene rings is 1. The van der Waals surface area contributed by atoms with Gasteiger partial charge in [0, 0.05) is 19.0 Å². The van der Waals surface area contributed by atoms with Crippen LogP contribution in [0.1, 0.15) is 11.5 Å². The summed E-state index contributed by atoms with van der Waals surface area (Å²) in [5.74, 6) is 0.517. The molecule has 0 radical (unpaired) electrons. The Kier molecular flexibility index (Phi) is 3.44. The van der Waals surface area contributed by atoms with E-state index in [0.29, 0.717) is 24.5 Å². The van der Waals surface area contributed by atoms with Gasteiger partial charge in [-0.15, -0.1) is 0 Å². The lowest BCUT2D eigenvalue weighted by atomic mass is 9.96. The Hall–Kier alpha value is -2.51. The molecule has 3 N–H and O–H groups in total. The fourth-order valence-corrected chi connectivity index (χ4v) is 3.23. The van der Waals surface area contributed by atoms with E-state index in [1.807, 2.05) is 22.8 Å². The van der Waals surface area contributed by atoms with E-state index in [1.165, 1.54) is 11.9 Å². The van der Waals surface area contributed by atoms with Crippen LogP contribution in [0.15, 0.2) is 43.0 Å². The van der Waals surface area contributed by atoms with Crippen molar-refractivity contribution in [3.8, 4) is 0 Å². The maximum Gasteiger partial charge on any atom is 0.166 e. The Morgan fingerprint density at radius 3 is 2.78 bits per heavy atom. The summed E-state index contributed by atoms with van der Waals surface area (Å²) in [6, 6.07) is 10.1. The molecule has 3 heterocycles. The molecule has 2 aromatic heterocycles. The molecule has 0 bridgehead atoms. The number of rotatable bonds is 3. The first-order valence-corrected chi connectivity index (χ1v) is 7.59. The van der Waals surface area contributed by atoms with Crippen LogP contribution in [-0.4, -0.2) is 48.7 Å². The number of imidazole rings is 1. The summed E-state index contributed by atoms with van der Waals surface area (Å²) >= 11 is 0. The van der Waals surface area contributed by atoms with Crippen LogP contribution in [0.25, 0.3) is 11.2 Å². The molecule has 4 rings (SSSR count). The molecule has 0 unspecified atom stereocenters. The van der Waals surface area contributed by atoms with E-state index in [1.54, 1.807) is 6.33 Å². The number of hydrogen-bond donors (Lipinski definition) is 2. The Balaban J connectivity index is 1.55. The van der Waals surface area contributed by atoms with Gasteiger partial charge in [0.2, 0.25) is 0 Å². The fourth-order valence-electron chi connectivity index (χ4n) is 3.23. The van der Waals surface area contributed by atoms with E-state index in [4.69, 9.17) is 5.73 Å². The third-order valence-electron chi connectivity index (χ3n) is 4.37. The van der Waals surface area contributed by atoms with Crippen LogP contribution in [0, 0.1) is 0 Å². The van der Waals surface area contributed by atoms with Gasteiger partial charge in [0.15, 0.2) is 11.5 Å². The van der Waals surface area contributed by atoms with Crippen molar-refractivity contribution in [3.63, 3.8) is 0 Å². The number of hydrogen-bond acceptors (Lipinski definition) is 6. The number of nitrogens with zero attached hydrogens (tertiary/aromatic N) is 5. The van der Waals surface area contributed by atoms with E-state index in [9.17, 15) is 5.11 Å². The van der Waals surface area contributed by atoms with Crippen LogP contribution < -0.4 is 5.73 Å². The predicted molar refractivity (Wildman–Crippen MR) is 86.5 cm³/mol. The minimum atomic E-state index is -0.369. The summed E-state index contributed by atoms with van der Waals surface area (Å²) in [5, 5.41) is 10.4. The smallest absolute Gasteiger partial charge is 0.166 e. The molecule has 0 aliphatic carbocycles. The highest BCUT2D eigenvalue weighted by molar-refractivity contribution is 5.80. The second kappa shape index (κ2) is 5.60. The standard InChI is InChI=1S/C16H18N6O/c17-15-14-16(19-8-18-15)22(9-20-14)10-21-6-12(13(23)7-21)11-4-2-1-3-5-11/h1-5,8-9,12-13,23H,6-7,10H2,(H2,17,18,19)/t12-,13+/m1/s1.